The zero-order chi connectivity index (χ0) is 19.6. The molecule has 0 unspecified atom stereocenters. The third-order valence-electron chi connectivity index (χ3n) is 4.47. The third kappa shape index (κ3) is 4.74. The molecule has 1 aliphatic heterocycles. The second-order valence-electron chi connectivity index (χ2n) is 6.43. The molecule has 1 aliphatic rings. The molecular formula is C17H19ClN4O4S. The molecule has 1 aromatic carbocycles. The Morgan fingerprint density at radius 2 is 1.89 bits per heavy atom. The first kappa shape index (κ1) is 19.5. The van der Waals surface area contributed by atoms with Gasteiger partial charge in [-0.15, -0.1) is 0 Å². The number of hydrogen-bond acceptors (Lipinski definition) is 7. The van der Waals surface area contributed by atoms with Crippen molar-refractivity contribution >= 4 is 32.8 Å². The molecule has 0 aliphatic carbocycles. The molecule has 0 radical (unpaired) electrons. The van der Waals surface area contributed by atoms with Gasteiger partial charge in [0, 0.05) is 56.9 Å². The predicted molar refractivity (Wildman–Crippen MR) is 103 cm³/mol. The molecular weight excluding hydrogens is 392 g/mol. The van der Waals surface area contributed by atoms with Crippen LogP contribution in [0.15, 0.2) is 41.4 Å². The second-order valence-corrected chi connectivity index (χ2v) is 8.81. The highest BCUT2D eigenvalue weighted by molar-refractivity contribution is 7.90. The van der Waals surface area contributed by atoms with Gasteiger partial charge in [0.15, 0.2) is 9.84 Å². The van der Waals surface area contributed by atoms with E-state index < -0.39 is 20.4 Å². The summed E-state index contributed by atoms with van der Waals surface area (Å²) in [6, 6.07) is 7.96. The fourth-order valence-electron chi connectivity index (χ4n) is 3.07. The van der Waals surface area contributed by atoms with E-state index in [4.69, 9.17) is 11.6 Å². The highest BCUT2D eigenvalue weighted by Crippen LogP contribution is 2.29. The van der Waals surface area contributed by atoms with Gasteiger partial charge >= 0.3 is 0 Å². The minimum Gasteiger partial charge on any atom is -0.369 e. The number of pyridine rings is 1. The van der Waals surface area contributed by atoms with E-state index in [1.165, 1.54) is 12.1 Å². The van der Waals surface area contributed by atoms with E-state index in [9.17, 15) is 18.5 Å². The number of piperazine rings is 1. The van der Waals surface area contributed by atoms with E-state index in [2.05, 4.69) is 9.88 Å². The lowest BCUT2D eigenvalue weighted by molar-refractivity contribution is -0.387. The first-order valence-corrected chi connectivity index (χ1v) is 10.6. The standard InChI is InChI=1S/C17H19ClN4O4S/c1-27(25,26)16-10-14(3-4-15(16)22(23)24)21-8-6-20(7-9-21)12-13-2-5-17(18)19-11-13/h2-5,10-11H,6-9,12H2,1H3. The third-order valence-corrected chi connectivity index (χ3v) is 5.82. The molecule has 3 rings (SSSR count). The molecule has 10 heteroatoms. The van der Waals surface area contributed by atoms with Crippen LogP contribution in [0.1, 0.15) is 5.56 Å². The minimum atomic E-state index is -3.69. The van der Waals surface area contributed by atoms with E-state index >= 15 is 0 Å². The van der Waals surface area contributed by atoms with Crippen LogP contribution < -0.4 is 4.90 Å². The Balaban J connectivity index is 1.70. The van der Waals surface area contributed by atoms with Crippen LogP contribution in [0.2, 0.25) is 5.15 Å². The number of halogens is 1. The quantitative estimate of drug-likeness (QED) is 0.424. The van der Waals surface area contributed by atoms with E-state index in [0.29, 0.717) is 23.9 Å². The maximum atomic E-state index is 11.9. The van der Waals surface area contributed by atoms with Crippen LogP contribution in [0.25, 0.3) is 0 Å². The lowest BCUT2D eigenvalue weighted by Gasteiger charge is -2.36. The van der Waals surface area contributed by atoms with Gasteiger partial charge in [-0.1, -0.05) is 17.7 Å². The number of rotatable bonds is 5. The maximum Gasteiger partial charge on any atom is 0.288 e. The first-order valence-electron chi connectivity index (χ1n) is 8.30. The summed E-state index contributed by atoms with van der Waals surface area (Å²) in [4.78, 5) is 18.6. The molecule has 2 aromatic rings. The average Bonchev–Trinajstić information content (AvgIpc) is 2.63. The summed E-state index contributed by atoms with van der Waals surface area (Å²) in [6.07, 6.45) is 2.74. The Morgan fingerprint density at radius 3 is 2.44 bits per heavy atom. The number of nitro groups is 1. The van der Waals surface area contributed by atoms with Crippen molar-refractivity contribution in [1.29, 1.82) is 0 Å². The number of sulfone groups is 1. The van der Waals surface area contributed by atoms with Crippen LogP contribution in [-0.4, -0.2) is 55.7 Å². The molecule has 1 aromatic heterocycles. The Kier molecular flexibility index (Phi) is 5.64. The van der Waals surface area contributed by atoms with Crippen molar-refractivity contribution in [2.45, 2.75) is 11.4 Å². The number of benzene rings is 1. The van der Waals surface area contributed by atoms with Gasteiger partial charge in [0.25, 0.3) is 5.69 Å². The van der Waals surface area contributed by atoms with Gasteiger partial charge in [-0.05, 0) is 23.8 Å². The highest BCUT2D eigenvalue weighted by atomic mass is 35.5. The molecule has 0 saturated carbocycles. The summed E-state index contributed by atoms with van der Waals surface area (Å²) < 4.78 is 23.9. The lowest BCUT2D eigenvalue weighted by atomic mass is 10.2. The average molecular weight is 411 g/mol. The fraction of sp³-hybridized carbons (Fsp3) is 0.353. The molecule has 1 fully saturated rings. The number of hydrogen-bond donors (Lipinski definition) is 0. The first-order chi connectivity index (χ1) is 12.7. The number of nitrogens with zero attached hydrogens (tertiary/aromatic N) is 4. The van der Waals surface area contributed by atoms with Gasteiger partial charge in [-0.25, -0.2) is 13.4 Å². The fourth-order valence-corrected chi connectivity index (χ4v) is 4.04. The van der Waals surface area contributed by atoms with Crippen molar-refractivity contribution in [1.82, 2.24) is 9.88 Å². The van der Waals surface area contributed by atoms with Crippen molar-refractivity contribution in [3.05, 3.63) is 57.4 Å². The monoisotopic (exact) mass is 410 g/mol. The van der Waals surface area contributed by atoms with Crippen molar-refractivity contribution in [3.63, 3.8) is 0 Å². The molecule has 2 heterocycles. The van der Waals surface area contributed by atoms with Crippen LogP contribution in [0, 0.1) is 10.1 Å². The summed E-state index contributed by atoms with van der Waals surface area (Å²) >= 11 is 5.80. The molecule has 0 bridgehead atoms. The SMILES string of the molecule is CS(=O)(=O)c1cc(N2CCN(Cc3ccc(Cl)nc3)CC2)ccc1[N+](=O)[O-]. The smallest absolute Gasteiger partial charge is 0.288 e. The topological polar surface area (TPSA) is 96.7 Å². The van der Waals surface area contributed by atoms with Crippen LogP contribution in [-0.2, 0) is 16.4 Å². The van der Waals surface area contributed by atoms with Gasteiger partial charge in [-0.3, -0.25) is 15.0 Å². The van der Waals surface area contributed by atoms with Gasteiger partial charge in [-0.2, -0.15) is 0 Å². The Hall–Kier alpha value is -2.23. The van der Waals surface area contributed by atoms with Crippen LogP contribution in [0.3, 0.4) is 0 Å². The molecule has 1 saturated heterocycles. The molecule has 0 atom stereocenters. The largest absolute Gasteiger partial charge is 0.369 e. The Bertz CT molecular complexity index is 942. The normalized spacial score (nSPS) is 15.7. The van der Waals surface area contributed by atoms with Crippen LogP contribution in [0.4, 0.5) is 11.4 Å². The minimum absolute atomic E-state index is 0.250. The second kappa shape index (κ2) is 7.79. The lowest BCUT2D eigenvalue weighted by Crippen LogP contribution is -2.46. The predicted octanol–water partition coefficient (Wildman–Crippen LogP) is 2.37. The molecule has 0 spiro atoms. The van der Waals surface area contributed by atoms with E-state index in [1.54, 1.807) is 18.3 Å². The summed E-state index contributed by atoms with van der Waals surface area (Å²) in [5, 5.41) is 11.6. The van der Waals surface area contributed by atoms with Gasteiger partial charge in [0.2, 0.25) is 0 Å². The highest BCUT2D eigenvalue weighted by Gasteiger charge is 2.25. The molecule has 0 N–H and O–H groups in total. The van der Waals surface area contributed by atoms with Gasteiger partial charge < -0.3 is 4.90 Å². The summed E-state index contributed by atoms with van der Waals surface area (Å²) in [6.45, 7) is 3.72. The van der Waals surface area contributed by atoms with Crippen LogP contribution in [0.5, 0.6) is 0 Å². The summed E-state index contributed by atoms with van der Waals surface area (Å²) in [5.41, 5.74) is 1.35. The van der Waals surface area contributed by atoms with Gasteiger partial charge in [0.05, 0.1) is 4.92 Å². The summed E-state index contributed by atoms with van der Waals surface area (Å²) in [7, 11) is -3.69. The van der Waals surface area contributed by atoms with E-state index in [1.807, 2.05) is 11.0 Å². The zero-order valence-electron chi connectivity index (χ0n) is 14.7. The van der Waals surface area contributed by atoms with Crippen molar-refractivity contribution in [2.24, 2.45) is 0 Å². The number of aromatic nitrogens is 1. The Labute approximate surface area is 162 Å². The summed E-state index contributed by atoms with van der Waals surface area (Å²) in [5.74, 6) is 0. The van der Waals surface area contributed by atoms with E-state index in [-0.39, 0.29) is 4.90 Å². The molecule has 144 valence electrons. The molecule has 27 heavy (non-hydrogen) atoms. The number of nitro benzene ring substituents is 1. The Morgan fingerprint density at radius 1 is 1.19 bits per heavy atom. The van der Waals surface area contributed by atoms with E-state index in [0.717, 1.165) is 31.5 Å². The van der Waals surface area contributed by atoms with Gasteiger partial charge in [0.1, 0.15) is 10.0 Å². The van der Waals surface area contributed by atoms with Crippen molar-refractivity contribution in [2.75, 3.05) is 37.3 Å². The molecule has 8 nitrogen and oxygen atoms in total. The van der Waals surface area contributed by atoms with Crippen LogP contribution >= 0.6 is 11.6 Å². The maximum absolute atomic E-state index is 11.9. The molecule has 0 amide bonds. The zero-order valence-corrected chi connectivity index (χ0v) is 16.3. The number of anilines is 1. The van der Waals surface area contributed by atoms with Crippen molar-refractivity contribution < 1.29 is 13.3 Å². The van der Waals surface area contributed by atoms with Crippen molar-refractivity contribution in [3.8, 4) is 0 Å².